The Kier molecular flexibility index (Phi) is 2.35. The molecule has 0 fully saturated rings. The minimum Gasteiger partial charge on any atom is -0.456 e. The van der Waals surface area contributed by atoms with E-state index in [1.807, 2.05) is 42.5 Å². The molecule has 0 saturated carbocycles. The Morgan fingerprint density at radius 1 is 1.06 bits per heavy atom. The van der Waals surface area contributed by atoms with Crippen molar-refractivity contribution in [3.8, 4) is 0 Å². The maximum Gasteiger partial charge on any atom is 0.135 e. The van der Waals surface area contributed by atoms with Crippen molar-refractivity contribution in [2.45, 2.75) is 6.04 Å². The van der Waals surface area contributed by atoms with Gasteiger partial charge in [0.05, 0.1) is 12.6 Å². The molecule has 0 unspecified atom stereocenters. The molecule has 1 atom stereocenters. The van der Waals surface area contributed by atoms with E-state index in [9.17, 15) is 0 Å². The number of fused-ring (bicyclic) bond motifs is 3. The van der Waals surface area contributed by atoms with Gasteiger partial charge in [0.2, 0.25) is 0 Å². The van der Waals surface area contributed by atoms with Gasteiger partial charge in [-0.15, -0.1) is 0 Å². The highest BCUT2D eigenvalue weighted by molar-refractivity contribution is 6.04. The molecule has 1 heterocycles. The van der Waals surface area contributed by atoms with Crippen LogP contribution in [0.15, 0.2) is 46.9 Å². The Hall–Kier alpha value is -1.84. The molecule has 17 heavy (non-hydrogen) atoms. The van der Waals surface area contributed by atoms with Crippen LogP contribution in [0.1, 0.15) is 11.6 Å². The van der Waals surface area contributed by atoms with Gasteiger partial charge in [-0.2, -0.15) is 0 Å². The molecule has 1 aromatic heterocycles. The van der Waals surface area contributed by atoms with E-state index in [1.165, 1.54) is 0 Å². The van der Waals surface area contributed by atoms with E-state index in [-0.39, 0.29) is 12.6 Å². The van der Waals surface area contributed by atoms with Gasteiger partial charge in [0.15, 0.2) is 0 Å². The predicted molar refractivity (Wildman–Crippen MR) is 67.7 cm³/mol. The van der Waals surface area contributed by atoms with Gasteiger partial charge in [-0.3, -0.25) is 0 Å². The summed E-state index contributed by atoms with van der Waals surface area (Å²) < 4.78 is 5.72. The van der Waals surface area contributed by atoms with Crippen LogP contribution in [-0.4, -0.2) is 11.7 Å². The number of hydrogen-bond acceptors (Lipinski definition) is 3. The van der Waals surface area contributed by atoms with Crippen molar-refractivity contribution < 1.29 is 9.52 Å². The first-order valence-corrected chi connectivity index (χ1v) is 5.57. The predicted octanol–water partition coefficient (Wildman–Crippen LogP) is 2.58. The van der Waals surface area contributed by atoms with Gasteiger partial charge < -0.3 is 15.3 Å². The van der Waals surface area contributed by atoms with Gasteiger partial charge in [-0.05, 0) is 23.8 Å². The van der Waals surface area contributed by atoms with Crippen molar-refractivity contribution in [1.82, 2.24) is 0 Å². The molecule has 2 aromatic carbocycles. The van der Waals surface area contributed by atoms with E-state index in [4.69, 9.17) is 15.3 Å². The van der Waals surface area contributed by atoms with E-state index in [0.29, 0.717) is 0 Å². The topological polar surface area (TPSA) is 59.4 Å². The van der Waals surface area contributed by atoms with E-state index in [1.54, 1.807) is 0 Å². The third-order valence-corrected chi connectivity index (χ3v) is 3.03. The standard InChI is InChI=1S/C14H13NO2/c15-12(8-16)9-5-6-14-11(7-9)10-3-1-2-4-13(10)17-14/h1-7,12,16H,8,15H2/t12-/m0/s1. The first-order chi connectivity index (χ1) is 8.29. The van der Waals surface area contributed by atoms with Crippen molar-refractivity contribution in [3.63, 3.8) is 0 Å². The van der Waals surface area contributed by atoms with Crippen molar-refractivity contribution in [3.05, 3.63) is 48.0 Å². The zero-order chi connectivity index (χ0) is 11.8. The number of furan rings is 1. The van der Waals surface area contributed by atoms with Crippen molar-refractivity contribution >= 4 is 21.9 Å². The first kappa shape index (κ1) is 10.3. The fourth-order valence-electron chi connectivity index (χ4n) is 2.08. The molecule has 0 amide bonds. The lowest BCUT2D eigenvalue weighted by Crippen LogP contribution is -2.14. The smallest absolute Gasteiger partial charge is 0.135 e. The lowest BCUT2D eigenvalue weighted by atomic mass is 10.0. The zero-order valence-corrected chi connectivity index (χ0v) is 9.26. The minimum atomic E-state index is -0.340. The Morgan fingerprint density at radius 3 is 2.65 bits per heavy atom. The monoisotopic (exact) mass is 227 g/mol. The van der Waals surface area contributed by atoms with Crippen LogP contribution in [0.5, 0.6) is 0 Å². The molecule has 0 aliphatic carbocycles. The average molecular weight is 227 g/mol. The van der Waals surface area contributed by atoms with Gasteiger partial charge in [0.25, 0.3) is 0 Å². The van der Waals surface area contributed by atoms with Crippen LogP contribution in [0.3, 0.4) is 0 Å². The van der Waals surface area contributed by atoms with Crippen LogP contribution in [0.4, 0.5) is 0 Å². The summed E-state index contributed by atoms with van der Waals surface area (Å²) in [6, 6.07) is 13.3. The molecule has 0 saturated heterocycles. The highest BCUT2D eigenvalue weighted by atomic mass is 16.3. The van der Waals surface area contributed by atoms with Crippen LogP contribution in [0.2, 0.25) is 0 Å². The van der Waals surface area contributed by atoms with Crippen molar-refractivity contribution in [2.75, 3.05) is 6.61 Å². The van der Waals surface area contributed by atoms with Crippen LogP contribution >= 0.6 is 0 Å². The van der Waals surface area contributed by atoms with Crippen LogP contribution < -0.4 is 5.73 Å². The first-order valence-electron chi connectivity index (χ1n) is 5.57. The Morgan fingerprint density at radius 2 is 1.82 bits per heavy atom. The number of aliphatic hydroxyl groups excluding tert-OH is 1. The fourth-order valence-corrected chi connectivity index (χ4v) is 2.08. The van der Waals surface area contributed by atoms with Crippen LogP contribution in [-0.2, 0) is 0 Å². The summed E-state index contributed by atoms with van der Waals surface area (Å²) in [4.78, 5) is 0. The summed E-state index contributed by atoms with van der Waals surface area (Å²) in [5.41, 5.74) is 8.46. The molecule has 3 heteroatoms. The highest BCUT2D eigenvalue weighted by Gasteiger charge is 2.09. The van der Waals surface area contributed by atoms with Gasteiger partial charge in [-0.1, -0.05) is 24.3 Å². The third kappa shape index (κ3) is 1.60. The molecule has 3 N–H and O–H groups in total. The molecule has 0 spiro atoms. The quantitative estimate of drug-likeness (QED) is 0.707. The molecule has 0 radical (unpaired) electrons. The third-order valence-electron chi connectivity index (χ3n) is 3.03. The van der Waals surface area contributed by atoms with E-state index in [2.05, 4.69) is 0 Å². The summed E-state index contributed by atoms with van der Waals surface area (Å²) in [6.45, 7) is -0.0543. The second-order valence-corrected chi connectivity index (χ2v) is 4.14. The maximum absolute atomic E-state index is 9.08. The molecule has 3 rings (SSSR count). The molecule has 0 aliphatic heterocycles. The number of nitrogens with two attached hydrogens (primary N) is 1. The SMILES string of the molecule is N[C@@H](CO)c1ccc2oc3ccccc3c2c1. The van der Waals surface area contributed by atoms with Gasteiger partial charge in [-0.25, -0.2) is 0 Å². The largest absolute Gasteiger partial charge is 0.456 e. The molecular formula is C14H13NO2. The Bertz CT molecular complexity index is 672. The van der Waals surface area contributed by atoms with Crippen molar-refractivity contribution in [1.29, 1.82) is 0 Å². The molecular weight excluding hydrogens is 214 g/mol. The van der Waals surface area contributed by atoms with E-state index in [0.717, 1.165) is 27.5 Å². The summed E-state index contributed by atoms with van der Waals surface area (Å²) >= 11 is 0. The van der Waals surface area contributed by atoms with Gasteiger partial charge in [0, 0.05) is 10.8 Å². The zero-order valence-electron chi connectivity index (χ0n) is 9.26. The number of hydrogen-bond donors (Lipinski definition) is 2. The maximum atomic E-state index is 9.08. The summed E-state index contributed by atoms with van der Waals surface area (Å²) in [5, 5.41) is 11.2. The molecule has 0 bridgehead atoms. The molecule has 3 aromatic rings. The lowest BCUT2D eigenvalue weighted by Gasteiger charge is -2.07. The lowest BCUT2D eigenvalue weighted by molar-refractivity contribution is 0.268. The molecule has 3 nitrogen and oxygen atoms in total. The number of benzene rings is 2. The molecule has 86 valence electrons. The minimum absolute atomic E-state index is 0.0543. The second kappa shape index (κ2) is 3.87. The van der Waals surface area contributed by atoms with Gasteiger partial charge in [0.1, 0.15) is 11.2 Å². The number of aliphatic hydroxyl groups is 1. The summed E-state index contributed by atoms with van der Waals surface area (Å²) in [5.74, 6) is 0. The number of para-hydroxylation sites is 1. The second-order valence-electron chi connectivity index (χ2n) is 4.14. The fraction of sp³-hybridized carbons (Fsp3) is 0.143. The van der Waals surface area contributed by atoms with Crippen LogP contribution in [0, 0.1) is 0 Å². The summed E-state index contributed by atoms with van der Waals surface area (Å²) in [6.07, 6.45) is 0. The Labute approximate surface area is 98.5 Å². The molecule has 0 aliphatic rings. The van der Waals surface area contributed by atoms with Crippen molar-refractivity contribution in [2.24, 2.45) is 5.73 Å². The van der Waals surface area contributed by atoms with Gasteiger partial charge >= 0.3 is 0 Å². The van der Waals surface area contributed by atoms with Crippen LogP contribution in [0.25, 0.3) is 21.9 Å². The number of rotatable bonds is 2. The van der Waals surface area contributed by atoms with E-state index < -0.39 is 0 Å². The highest BCUT2D eigenvalue weighted by Crippen LogP contribution is 2.30. The normalized spacial score (nSPS) is 13.3. The Balaban J connectivity index is 2.30. The average Bonchev–Trinajstić information content (AvgIpc) is 2.75. The summed E-state index contributed by atoms with van der Waals surface area (Å²) in [7, 11) is 0. The van der Waals surface area contributed by atoms with E-state index >= 15 is 0 Å².